The van der Waals surface area contributed by atoms with Crippen LogP contribution in [0.5, 0.6) is 0 Å². The summed E-state index contributed by atoms with van der Waals surface area (Å²) in [4.78, 5) is 0. The van der Waals surface area contributed by atoms with E-state index in [1.807, 2.05) is 32.3 Å². The molecule has 1 N–H and O–H groups in total. The predicted molar refractivity (Wildman–Crippen MR) is 65.1 cm³/mol. The van der Waals surface area contributed by atoms with Gasteiger partial charge in [0.1, 0.15) is 5.82 Å². The molecule has 0 amide bonds. The van der Waals surface area contributed by atoms with Crippen molar-refractivity contribution in [3.8, 4) is 0 Å². The van der Waals surface area contributed by atoms with Gasteiger partial charge in [-0.05, 0) is 18.7 Å². The Labute approximate surface area is 100 Å². The Balaban J connectivity index is 2.39. The quantitative estimate of drug-likeness (QED) is 0.877. The molecule has 2 aromatic rings. The third kappa shape index (κ3) is 2.53. The average Bonchev–Trinajstić information content (AvgIpc) is 2.74. The van der Waals surface area contributed by atoms with Gasteiger partial charge in [0, 0.05) is 18.8 Å². The highest BCUT2D eigenvalue weighted by atomic mass is 19.1. The van der Waals surface area contributed by atoms with Gasteiger partial charge in [-0.15, -0.1) is 0 Å². The zero-order chi connectivity index (χ0) is 12.3. The number of benzene rings is 1. The second kappa shape index (κ2) is 5.10. The fourth-order valence-electron chi connectivity index (χ4n) is 1.87. The van der Waals surface area contributed by atoms with Gasteiger partial charge in [0.25, 0.3) is 0 Å². The van der Waals surface area contributed by atoms with Crippen molar-refractivity contribution < 1.29 is 4.39 Å². The van der Waals surface area contributed by atoms with Crippen molar-refractivity contribution in [2.75, 3.05) is 6.54 Å². The number of hydrogen-bond acceptors (Lipinski definition) is 2. The summed E-state index contributed by atoms with van der Waals surface area (Å²) in [5.41, 5.74) is 1.47. The first kappa shape index (κ1) is 11.8. The summed E-state index contributed by atoms with van der Waals surface area (Å²) in [6, 6.07) is 8.51. The number of nitrogens with one attached hydrogen (secondary N) is 1. The van der Waals surface area contributed by atoms with E-state index in [9.17, 15) is 4.39 Å². The molecule has 3 nitrogen and oxygen atoms in total. The van der Waals surface area contributed by atoms with Crippen LogP contribution in [0.3, 0.4) is 0 Å². The Hall–Kier alpha value is -1.68. The Morgan fingerprint density at radius 2 is 2.12 bits per heavy atom. The topological polar surface area (TPSA) is 29.9 Å². The van der Waals surface area contributed by atoms with Gasteiger partial charge in [-0.3, -0.25) is 4.68 Å². The maximum atomic E-state index is 13.8. The van der Waals surface area contributed by atoms with Crippen LogP contribution < -0.4 is 5.32 Å². The number of hydrogen-bond donors (Lipinski definition) is 1. The highest BCUT2D eigenvalue weighted by Crippen LogP contribution is 2.22. The first-order chi connectivity index (χ1) is 8.22. The van der Waals surface area contributed by atoms with Crippen LogP contribution in [-0.2, 0) is 7.05 Å². The van der Waals surface area contributed by atoms with Crippen LogP contribution in [0, 0.1) is 5.82 Å². The smallest absolute Gasteiger partial charge is 0.128 e. The van der Waals surface area contributed by atoms with Gasteiger partial charge in [0.2, 0.25) is 0 Å². The third-order valence-electron chi connectivity index (χ3n) is 2.65. The number of aromatic nitrogens is 2. The normalized spacial score (nSPS) is 12.6. The Kier molecular flexibility index (Phi) is 3.54. The fourth-order valence-corrected chi connectivity index (χ4v) is 1.87. The summed E-state index contributed by atoms with van der Waals surface area (Å²) in [6.07, 6.45) is 1.86. The summed E-state index contributed by atoms with van der Waals surface area (Å²) in [5.74, 6) is -0.205. The van der Waals surface area contributed by atoms with E-state index in [4.69, 9.17) is 0 Å². The summed E-state index contributed by atoms with van der Waals surface area (Å²) >= 11 is 0. The minimum absolute atomic E-state index is 0.192. The van der Waals surface area contributed by atoms with E-state index in [0.717, 1.165) is 12.2 Å². The van der Waals surface area contributed by atoms with Crippen LogP contribution in [0.4, 0.5) is 4.39 Å². The summed E-state index contributed by atoms with van der Waals surface area (Å²) in [7, 11) is 1.86. The van der Waals surface area contributed by atoms with Gasteiger partial charge in [-0.1, -0.05) is 25.1 Å². The van der Waals surface area contributed by atoms with E-state index in [2.05, 4.69) is 10.4 Å². The molecule has 4 heteroatoms. The van der Waals surface area contributed by atoms with Gasteiger partial charge in [-0.2, -0.15) is 5.10 Å². The second-order valence-electron chi connectivity index (χ2n) is 3.93. The number of aryl methyl sites for hydroxylation is 1. The van der Waals surface area contributed by atoms with Crippen molar-refractivity contribution in [2.24, 2.45) is 7.05 Å². The molecule has 0 radical (unpaired) electrons. The molecule has 1 atom stereocenters. The van der Waals surface area contributed by atoms with Crippen molar-refractivity contribution in [2.45, 2.75) is 13.0 Å². The first-order valence-corrected chi connectivity index (χ1v) is 5.69. The lowest BCUT2D eigenvalue weighted by molar-refractivity contribution is 0.546. The second-order valence-corrected chi connectivity index (χ2v) is 3.93. The monoisotopic (exact) mass is 233 g/mol. The first-order valence-electron chi connectivity index (χ1n) is 5.69. The van der Waals surface area contributed by atoms with Gasteiger partial charge in [-0.25, -0.2) is 4.39 Å². The number of halogens is 1. The van der Waals surface area contributed by atoms with Crippen LogP contribution in [0.25, 0.3) is 0 Å². The SMILES string of the molecule is CCNC(c1ccn(C)n1)c1ccccc1F. The van der Waals surface area contributed by atoms with E-state index in [0.29, 0.717) is 5.56 Å². The van der Waals surface area contributed by atoms with Crippen LogP contribution >= 0.6 is 0 Å². The van der Waals surface area contributed by atoms with E-state index in [1.165, 1.54) is 6.07 Å². The predicted octanol–water partition coefficient (Wildman–Crippen LogP) is 2.26. The molecule has 0 fully saturated rings. The van der Waals surface area contributed by atoms with Crippen LogP contribution in [0.15, 0.2) is 36.5 Å². The van der Waals surface area contributed by atoms with Crippen molar-refractivity contribution in [3.05, 3.63) is 53.6 Å². The molecule has 1 heterocycles. The van der Waals surface area contributed by atoms with Crippen molar-refractivity contribution in [1.82, 2.24) is 15.1 Å². The lowest BCUT2D eigenvalue weighted by Crippen LogP contribution is -2.23. The molecule has 2 rings (SSSR count). The highest BCUT2D eigenvalue weighted by molar-refractivity contribution is 5.28. The lowest BCUT2D eigenvalue weighted by Gasteiger charge is -2.16. The van der Waals surface area contributed by atoms with Crippen molar-refractivity contribution in [3.63, 3.8) is 0 Å². The van der Waals surface area contributed by atoms with Gasteiger partial charge < -0.3 is 5.32 Å². The highest BCUT2D eigenvalue weighted by Gasteiger charge is 2.18. The maximum absolute atomic E-state index is 13.8. The molecule has 90 valence electrons. The third-order valence-corrected chi connectivity index (χ3v) is 2.65. The molecule has 17 heavy (non-hydrogen) atoms. The molecular weight excluding hydrogens is 217 g/mol. The molecule has 0 aliphatic carbocycles. The minimum Gasteiger partial charge on any atom is -0.305 e. The Morgan fingerprint density at radius 1 is 1.35 bits per heavy atom. The Bertz CT molecular complexity index is 493. The summed E-state index contributed by atoms with van der Waals surface area (Å²) in [6.45, 7) is 2.76. The molecule has 0 bridgehead atoms. The summed E-state index contributed by atoms with van der Waals surface area (Å²) < 4.78 is 15.5. The minimum atomic E-state index is -0.205. The van der Waals surface area contributed by atoms with Crippen LogP contribution in [0.2, 0.25) is 0 Å². The molecular formula is C13H16FN3. The molecule has 0 aliphatic rings. The molecule has 1 aromatic heterocycles. The number of nitrogens with zero attached hydrogens (tertiary/aromatic N) is 2. The zero-order valence-electron chi connectivity index (χ0n) is 10.0. The van der Waals surface area contributed by atoms with Gasteiger partial charge in [0.15, 0.2) is 0 Å². The van der Waals surface area contributed by atoms with Crippen molar-refractivity contribution >= 4 is 0 Å². The Morgan fingerprint density at radius 3 is 2.71 bits per heavy atom. The molecule has 0 saturated heterocycles. The molecule has 0 saturated carbocycles. The number of rotatable bonds is 4. The van der Waals surface area contributed by atoms with Crippen LogP contribution in [0.1, 0.15) is 24.2 Å². The van der Waals surface area contributed by atoms with Gasteiger partial charge in [0.05, 0.1) is 11.7 Å². The molecule has 0 spiro atoms. The van der Waals surface area contributed by atoms with E-state index < -0.39 is 0 Å². The van der Waals surface area contributed by atoms with Crippen molar-refractivity contribution in [1.29, 1.82) is 0 Å². The van der Waals surface area contributed by atoms with E-state index >= 15 is 0 Å². The molecule has 0 aliphatic heterocycles. The molecule has 1 aromatic carbocycles. The van der Waals surface area contributed by atoms with E-state index in [1.54, 1.807) is 16.8 Å². The lowest BCUT2D eigenvalue weighted by atomic mass is 10.0. The zero-order valence-corrected chi connectivity index (χ0v) is 10.0. The standard InChI is InChI=1S/C13H16FN3/c1-3-15-13(12-8-9-17(2)16-12)10-6-4-5-7-11(10)14/h4-9,13,15H,3H2,1-2H3. The fraction of sp³-hybridized carbons (Fsp3) is 0.308. The largest absolute Gasteiger partial charge is 0.305 e. The summed E-state index contributed by atoms with van der Waals surface area (Å²) in [5, 5.41) is 7.59. The van der Waals surface area contributed by atoms with Crippen LogP contribution in [-0.4, -0.2) is 16.3 Å². The molecule has 1 unspecified atom stereocenters. The maximum Gasteiger partial charge on any atom is 0.128 e. The van der Waals surface area contributed by atoms with Gasteiger partial charge >= 0.3 is 0 Å². The van der Waals surface area contributed by atoms with E-state index in [-0.39, 0.29) is 11.9 Å². The average molecular weight is 233 g/mol.